The van der Waals surface area contributed by atoms with Crippen molar-refractivity contribution in [3.05, 3.63) is 59.4 Å². The zero-order valence-electron chi connectivity index (χ0n) is 23.2. The molecule has 1 aromatic carbocycles. The summed E-state index contributed by atoms with van der Waals surface area (Å²) in [7, 11) is 0. The van der Waals surface area contributed by atoms with Crippen LogP contribution >= 0.6 is 0 Å². The number of carboxylic acid groups (broad SMARTS) is 1. The first kappa shape index (κ1) is 27.8. The Hall–Kier alpha value is -3.26. The van der Waals surface area contributed by atoms with Gasteiger partial charge in [0, 0.05) is 55.8 Å². The van der Waals surface area contributed by atoms with Crippen LogP contribution in [0.25, 0.3) is 16.6 Å². The summed E-state index contributed by atoms with van der Waals surface area (Å²) in [6.07, 6.45) is 4.72. The van der Waals surface area contributed by atoms with E-state index in [1.54, 1.807) is 17.2 Å². The lowest BCUT2D eigenvalue weighted by atomic mass is 9.85. The van der Waals surface area contributed by atoms with Crippen LogP contribution in [0.15, 0.2) is 36.7 Å². The zero-order valence-corrected chi connectivity index (χ0v) is 23.2. The van der Waals surface area contributed by atoms with Crippen LogP contribution in [-0.2, 0) is 4.79 Å². The molecule has 0 bridgehead atoms. The molecule has 1 aliphatic heterocycles. The van der Waals surface area contributed by atoms with Gasteiger partial charge in [-0.1, -0.05) is 19.9 Å². The van der Waals surface area contributed by atoms with E-state index in [1.807, 2.05) is 27.7 Å². The van der Waals surface area contributed by atoms with Crippen LogP contribution in [0.3, 0.4) is 0 Å². The number of hydrogen-bond acceptors (Lipinski definition) is 4. The van der Waals surface area contributed by atoms with E-state index in [9.17, 15) is 19.1 Å². The van der Waals surface area contributed by atoms with Crippen molar-refractivity contribution in [3.8, 4) is 11.1 Å². The lowest BCUT2D eigenvalue weighted by Gasteiger charge is -2.46. The molecule has 3 heterocycles. The Morgan fingerprint density at radius 1 is 1.16 bits per heavy atom. The maximum atomic E-state index is 14.4. The van der Waals surface area contributed by atoms with Gasteiger partial charge in [-0.05, 0) is 69.4 Å². The lowest BCUT2D eigenvalue weighted by molar-refractivity contribution is -0.137. The Kier molecular flexibility index (Phi) is 8.21. The minimum atomic E-state index is -0.762. The van der Waals surface area contributed by atoms with E-state index in [4.69, 9.17) is 0 Å². The van der Waals surface area contributed by atoms with Gasteiger partial charge in [0.05, 0.1) is 17.3 Å². The SMILES string of the molecule is CCN(C(=O)c1cc(F)ccc1-c1cc(C2CN(C(CCC(=O)O)C(C)C)C2)cn2c(C)ncc12)C(C)C. The van der Waals surface area contributed by atoms with Crippen LogP contribution in [0.4, 0.5) is 4.39 Å². The number of halogens is 1. The molecule has 0 spiro atoms. The maximum Gasteiger partial charge on any atom is 0.303 e. The molecular formula is C30H39FN4O3. The van der Waals surface area contributed by atoms with Gasteiger partial charge in [0.2, 0.25) is 0 Å². The van der Waals surface area contributed by atoms with Crippen molar-refractivity contribution in [2.24, 2.45) is 5.92 Å². The number of aliphatic carboxylic acids is 1. The first-order chi connectivity index (χ1) is 18.0. The molecule has 1 unspecified atom stereocenters. The molecule has 1 N–H and O–H groups in total. The van der Waals surface area contributed by atoms with Crippen molar-refractivity contribution >= 4 is 17.4 Å². The predicted octanol–water partition coefficient (Wildman–Crippen LogP) is 5.61. The molecule has 8 heteroatoms. The van der Waals surface area contributed by atoms with Crippen molar-refractivity contribution in [1.29, 1.82) is 0 Å². The molecule has 2 aromatic heterocycles. The normalized spacial score (nSPS) is 15.3. The number of hydrogen-bond donors (Lipinski definition) is 1. The van der Waals surface area contributed by atoms with Gasteiger partial charge in [-0.2, -0.15) is 0 Å². The zero-order chi connectivity index (χ0) is 27.7. The van der Waals surface area contributed by atoms with E-state index in [0.717, 1.165) is 35.6 Å². The van der Waals surface area contributed by atoms with Crippen molar-refractivity contribution in [2.45, 2.75) is 72.4 Å². The largest absolute Gasteiger partial charge is 0.481 e. The smallest absolute Gasteiger partial charge is 0.303 e. The predicted molar refractivity (Wildman–Crippen MR) is 147 cm³/mol. The molecule has 204 valence electrons. The van der Waals surface area contributed by atoms with Crippen molar-refractivity contribution in [1.82, 2.24) is 19.2 Å². The number of carbonyl (C=O) groups is 2. The average Bonchev–Trinajstić information content (AvgIpc) is 3.20. The molecule has 1 amide bonds. The fraction of sp³-hybridized carbons (Fsp3) is 0.500. The fourth-order valence-electron chi connectivity index (χ4n) is 5.71. The molecule has 4 rings (SSSR count). The van der Waals surface area contributed by atoms with Gasteiger partial charge >= 0.3 is 5.97 Å². The molecule has 38 heavy (non-hydrogen) atoms. The molecule has 7 nitrogen and oxygen atoms in total. The minimum Gasteiger partial charge on any atom is -0.481 e. The molecule has 0 saturated carbocycles. The summed E-state index contributed by atoms with van der Waals surface area (Å²) in [6.45, 7) is 14.3. The average molecular weight is 523 g/mol. The van der Waals surface area contributed by atoms with Crippen LogP contribution in [0.1, 0.15) is 75.1 Å². The molecule has 0 aliphatic carbocycles. The first-order valence-corrected chi connectivity index (χ1v) is 13.6. The Balaban J connectivity index is 1.73. The van der Waals surface area contributed by atoms with E-state index >= 15 is 0 Å². The highest BCUT2D eigenvalue weighted by atomic mass is 19.1. The molecule has 0 radical (unpaired) electrons. The highest BCUT2D eigenvalue weighted by Crippen LogP contribution is 2.37. The number of aromatic nitrogens is 2. The van der Waals surface area contributed by atoms with Crippen LogP contribution in [0.2, 0.25) is 0 Å². The van der Waals surface area contributed by atoms with E-state index in [1.165, 1.54) is 12.1 Å². The van der Waals surface area contributed by atoms with E-state index in [-0.39, 0.29) is 30.3 Å². The number of likely N-dealkylation sites (tertiary alicyclic amines) is 1. The molecule has 1 fully saturated rings. The van der Waals surface area contributed by atoms with E-state index in [2.05, 4.69) is 40.4 Å². The van der Waals surface area contributed by atoms with Crippen molar-refractivity contribution < 1.29 is 19.1 Å². The number of amides is 1. The van der Waals surface area contributed by atoms with E-state index in [0.29, 0.717) is 30.0 Å². The number of imidazole rings is 1. The highest BCUT2D eigenvalue weighted by Gasteiger charge is 2.35. The second-order valence-corrected chi connectivity index (χ2v) is 11.0. The number of carbonyl (C=O) groups excluding carboxylic acids is 1. The Bertz CT molecular complexity index is 1330. The number of benzene rings is 1. The van der Waals surface area contributed by atoms with Crippen molar-refractivity contribution in [3.63, 3.8) is 0 Å². The Morgan fingerprint density at radius 2 is 1.87 bits per heavy atom. The molecule has 3 aromatic rings. The van der Waals surface area contributed by atoms with Gasteiger partial charge in [-0.3, -0.25) is 14.5 Å². The summed E-state index contributed by atoms with van der Waals surface area (Å²) in [5.41, 5.74) is 3.90. The fourth-order valence-corrected chi connectivity index (χ4v) is 5.71. The molecule has 1 aliphatic rings. The monoisotopic (exact) mass is 522 g/mol. The number of pyridine rings is 1. The van der Waals surface area contributed by atoms with Gasteiger partial charge < -0.3 is 14.4 Å². The second kappa shape index (κ2) is 11.2. The Labute approximate surface area is 224 Å². The molecular weight excluding hydrogens is 483 g/mol. The minimum absolute atomic E-state index is 0.0110. The van der Waals surface area contributed by atoms with Crippen LogP contribution in [-0.4, -0.2) is 67.9 Å². The third kappa shape index (κ3) is 5.46. The standard InChI is InChI=1S/C30H39FN4O3/c1-7-34(19(4)5)30(38)26-13-23(31)8-9-24(26)25-12-21(17-35-20(6)32-14-28(25)35)22-15-33(16-22)27(18(2)3)10-11-29(36)37/h8-9,12-14,17-19,22,27H,7,10-11,15-16H2,1-6H3,(H,36,37). The van der Waals surface area contributed by atoms with Crippen LogP contribution in [0, 0.1) is 18.7 Å². The lowest BCUT2D eigenvalue weighted by Crippen LogP contribution is -2.52. The molecule has 1 saturated heterocycles. The quantitative estimate of drug-likeness (QED) is 0.375. The number of carboxylic acids is 1. The number of rotatable bonds is 10. The van der Waals surface area contributed by atoms with Gasteiger partial charge in [0.1, 0.15) is 11.6 Å². The summed E-state index contributed by atoms with van der Waals surface area (Å²) < 4.78 is 16.5. The third-order valence-corrected chi connectivity index (χ3v) is 7.85. The topological polar surface area (TPSA) is 78.2 Å². The summed E-state index contributed by atoms with van der Waals surface area (Å²) in [5.74, 6) is 0.0811. The number of nitrogens with zero attached hydrogens (tertiary/aromatic N) is 4. The molecule has 1 atom stereocenters. The maximum absolute atomic E-state index is 14.4. The highest BCUT2D eigenvalue weighted by molar-refractivity contribution is 6.03. The summed E-state index contributed by atoms with van der Waals surface area (Å²) in [4.78, 5) is 33.4. The van der Waals surface area contributed by atoms with Crippen molar-refractivity contribution in [2.75, 3.05) is 19.6 Å². The van der Waals surface area contributed by atoms with Gasteiger partial charge in [0.25, 0.3) is 5.91 Å². The van der Waals surface area contributed by atoms with Gasteiger partial charge in [-0.15, -0.1) is 0 Å². The van der Waals surface area contributed by atoms with Crippen LogP contribution < -0.4 is 0 Å². The van der Waals surface area contributed by atoms with Gasteiger partial charge in [-0.25, -0.2) is 9.37 Å². The Morgan fingerprint density at radius 3 is 2.47 bits per heavy atom. The first-order valence-electron chi connectivity index (χ1n) is 13.6. The summed E-state index contributed by atoms with van der Waals surface area (Å²) in [6, 6.07) is 6.78. The number of aryl methyl sites for hydroxylation is 1. The second-order valence-electron chi connectivity index (χ2n) is 11.0. The van der Waals surface area contributed by atoms with Gasteiger partial charge in [0.15, 0.2) is 0 Å². The summed E-state index contributed by atoms with van der Waals surface area (Å²) in [5, 5.41) is 9.17. The number of fused-ring (bicyclic) bond motifs is 1. The summed E-state index contributed by atoms with van der Waals surface area (Å²) >= 11 is 0. The van der Waals surface area contributed by atoms with E-state index < -0.39 is 11.8 Å². The third-order valence-electron chi connectivity index (χ3n) is 7.85. The van der Waals surface area contributed by atoms with Crippen LogP contribution in [0.5, 0.6) is 0 Å².